The average molecular weight is 348 g/mol. The molecule has 0 fully saturated rings. The number of amides is 1. The fourth-order valence-corrected chi connectivity index (χ4v) is 2.32. The fraction of sp³-hybridized carbons (Fsp3) is 0.526. The largest absolute Gasteiger partial charge is 0.478 e. The van der Waals surface area contributed by atoms with Crippen LogP contribution in [0, 0.1) is 0 Å². The third-order valence-corrected chi connectivity index (χ3v) is 4.00. The van der Waals surface area contributed by atoms with Crippen molar-refractivity contribution in [2.75, 3.05) is 14.1 Å². The molecule has 1 rings (SSSR count). The molecule has 0 spiro atoms. The number of carboxylic acids is 1. The van der Waals surface area contributed by atoms with E-state index in [1.807, 2.05) is 19.1 Å². The maximum absolute atomic E-state index is 11.7. The van der Waals surface area contributed by atoms with E-state index >= 15 is 0 Å². The van der Waals surface area contributed by atoms with E-state index < -0.39 is 11.6 Å². The van der Waals surface area contributed by atoms with Crippen molar-refractivity contribution < 1.29 is 19.4 Å². The van der Waals surface area contributed by atoms with Gasteiger partial charge in [0.05, 0.1) is 0 Å². The van der Waals surface area contributed by atoms with Crippen LogP contribution in [0.2, 0.25) is 0 Å². The Hall–Kier alpha value is -2.37. The molecule has 0 atom stereocenters. The van der Waals surface area contributed by atoms with Crippen LogP contribution in [0.1, 0.15) is 45.6 Å². The Morgan fingerprint density at radius 3 is 2.32 bits per heavy atom. The minimum Gasteiger partial charge on any atom is -0.478 e. The van der Waals surface area contributed by atoms with Crippen LogP contribution in [-0.4, -0.2) is 47.4 Å². The van der Waals surface area contributed by atoms with Gasteiger partial charge in [-0.05, 0) is 44.4 Å². The molecule has 1 aromatic carbocycles. The Bertz CT molecular complexity index is 621. The van der Waals surface area contributed by atoms with Crippen LogP contribution in [-0.2, 0) is 16.0 Å². The summed E-state index contributed by atoms with van der Waals surface area (Å²) in [6.07, 6.45) is 2.90. The quantitative estimate of drug-likeness (QED) is 0.578. The van der Waals surface area contributed by atoms with Crippen LogP contribution < -0.4 is 4.74 Å². The van der Waals surface area contributed by atoms with Crippen molar-refractivity contribution in [1.29, 1.82) is 0 Å². The highest BCUT2D eigenvalue weighted by atomic mass is 16.5. The predicted octanol–water partition coefficient (Wildman–Crippen LogP) is 3.15. The second-order valence-electron chi connectivity index (χ2n) is 6.36. The van der Waals surface area contributed by atoms with E-state index in [9.17, 15) is 9.59 Å². The number of aliphatic imine (C=N–C) groups is 1. The first-order chi connectivity index (χ1) is 11.7. The van der Waals surface area contributed by atoms with Crippen LogP contribution in [0.3, 0.4) is 0 Å². The second kappa shape index (κ2) is 9.20. The van der Waals surface area contributed by atoms with Crippen LogP contribution in [0.4, 0.5) is 0 Å². The number of carbonyl (C=O) groups is 2. The molecule has 0 unspecified atom stereocenters. The second-order valence-corrected chi connectivity index (χ2v) is 6.36. The van der Waals surface area contributed by atoms with Crippen molar-refractivity contribution >= 4 is 17.7 Å². The van der Waals surface area contributed by atoms with Crippen LogP contribution in [0.25, 0.3) is 0 Å². The summed E-state index contributed by atoms with van der Waals surface area (Å²) in [5.41, 5.74) is -0.134. The van der Waals surface area contributed by atoms with Crippen LogP contribution >= 0.6 is 0 Å². The number of nitrogens with zero attached hydrogens (tertiary/aromatic N) is 2. The van der Waals surface area contributed by atoms with Gasteiger partial charge in [0.15, 0.2) is 5.60 Å². The van der Waals surface area contributed by atoms with Crippen molar-refractivity contribution in [2.24, 2.45) is 4.99 Å². The Balaban J connectivity index is 2.56. The summed E-state index contributed by atoms with van der Waals surface area (Å²) in [6.45, 7) is 4.87. The predicted molar refractivity (Wildman–Crippen MR) is 98.1 cm³/mol. The summed E-state index contributed by atoms with van der Waals surface area (Å²) in [6, 6.07) is 7.41. The van der Waals surface area contributed by atoms with E-state index in [1.54, 1.807) is 31.1 Å². The van der Waals surface area contributed by atoms with E-state index in [2.05, 4.69) is 4.99 Å². The van der Waals surface area contributed by atoms with Gasteiger partial charge < -0.3 is 14.7 Å². The first-order valence-corrected chi connectivity index (χ1v) is 8.44. The highest BCUT2D eigenvalue weighted by Crippen LogP contribution is 2.20. The Morgan fingerprint density at radius 1 is 1.24 bits per heavy atom. The van der Waals surface area contributed by atoms with E-state index in [1.165, 1.54) is 13.8 Å². The molecule has 25 heavy (non-hydrogen) atoms. The minimum atomic E-state index is -1.26. The standard InChI is InChI=1S/C19H28N2O4/c1-6-17(22)21(5)16(20-4)9-7-8-14-10-12-15(13-11-14)25-19(2,3)18(23)24/h10-13H,6-9H2,1-5H3,(H,23,24). The van der Waals surface area contributed by atoms with Gasteiger partial charge in [-0.25, -0.2) is 4.79 Å². The molecule has 0 radical (unpaired) electrons. The molecule has 0 aliphatic carbocycles. The van der Waals surface area contributed by atoms with E-state index in [0.717, 1.165) is 30.7 Å². The van der Waals surface area contributed by atoms with E-state index in [-0.39, 0.29) is 5.91 Å². The monoisotopic (exact) mass is 348 g/mol. The summed E-state index contributed by atoms with van der Waals surface area (Å²) in [5, 5.41) is 9.09. The third kappa shape index (κ3) is 6.21. The van der Waals surface area contributed by atoms with Gasteiger partial charge in [0.2, 0.25) is 5.91 Å². The number of benzene rings is 1. The topological polar surface area (TPSA) is 79.2 Å². The molecular weight excluding hydrogens is 320 g/mol. The molecule has 0 heterocycles. The Kier molecular flexibility index (Phi) is 7.61. The number of carbonyl (C=O) groups excluding carboxylic acids is 1. The molecule has 0 saturated carbocycles. The number of hydrogen-bond donors (Lipinski definition) is 1. The number of rotatable bonds is 8. The lowest BCUT2D eigenvalue weighted by atomic mass is 10.1. The zero-order valence-electron chi connectivity index (χ0n) is 15.7. The fourth-order valence-electron chi connectivity index (χ4n) is 2.32. The summed E-state index contributed by atoms with van der Waals surface area (Å²) < 4.78 is 5.49. The molecule has 0 aliphatic rings. The van der Waals surface area contributed by atoms with Gasteiger partial charge in [0.1, 0.15) is 11.6 Å². The molecule has 6 heteroatoms. The van der Waals surface area contributed by atoms with Crippen molar-refractivity contribution in [3.8, 4) is 5.75 Å². The number of aryl methyl sites for hydroxylation is 1. The van der Waals surface area contributed by atoms with Crippen LogP contribution in [0.15, 0.2) is 29.3 Å². The van der Waals surface area contributed by atoms with Crippen molar-refractivity contribution in [1.82, 2.24) is 4.90 Å². The molecule has 138 valence electrons. The normalized spacial score (nSPS) is 12.0. The summed E-state index contributed by atoms with van der Waals surface area (Å²) in [4.78, 5) is 28.6. The van der Waals surface area contributed by atoms with Gasteiger partial charge in [0, 0.05) is 26.9 Å². The summed E-state index contributed by atoms with van der Waals surface area (Å²) >= 11 is 0. The molecule has 0 saturated heterocycles. The molecule has 0 aliphatic heterocycles. The van der Waals surface area contributed by atoms with Crippen LogP contribution in [0.5, 0.6) is 5.75 Å². The van der Waals surface area contributed by atoms with E-state index in [0.29, 0.717) is 12.2 Å². The maximum atomic E-state index is 11.7. The van der Waals surface area contributed by atoms with Gasteiger partial charge in [0.25, 0.3) is 0 Å². The molecule has 1 N–H and O–H groups in total. The number of aliphatic carboxylic acids is 1. The van der Waals surface area contributed by atoms with Gasteiger partial charge in [-0.1, -0.05) is 19.1 Å². The third-order valence-electron chi connectivity index (χ3n) is 4.00. The zero-order chi connectivity index (χ0) is 19.0. The summed E-state index contributed by atoms with van der Waals surface area (Å²) in [5.74, 6) is 0.368. The molecule has 1 amide bonds. The van der Waals surface area contributed by atoms with Gasteiger partial charge in [-0.15, -0.1) is 0 Å². The molecule has 0 bridgehead atoms. The van der Waals surface area contributed by atoms with Crippen molar-refractivity contribution in [3.05, 3.63) is 29.8 Å². The molecular formula is C19H28N2O4. The highest BCUT2D eigenvalue weighted by Gasteiger charge is 2.29. The smallest absolute Gasteiger partial charge is 0.347 e. The first kappa shape index (κ1) is 20.7. The average Bonchev–Trinajstić information content (AvgIpc) is 2.58. The first-order valence-electron chi connectivity index (χ1n) is 8.44. The lowest BCUT2D eigenvalue weighted by molar-refractivity contribution is -0.152. The number of amidine groups is 1. The molecule has 1 aromatic rings. The zero-order valence-corrected chi connectivity index (χ0v) is 15.7. The SMILES string of the molecule is CCC(=O)N(C)C(CCCc1ccc(OC(C)(C)C(=O)O)cc1)=NC. The van der Waals surface area contributed by atoms with Gasteiger partial charge in [-0.2, -0.15) is 0 Å². The lowest BCUT2D eigenvalue weighted by Crippen LogP contribution is -2.37. The van der Waals surface area contributed by atoms with Gasteiger partial charge in [-0.3, -0.25) is 9.79 Å². The highest BCUT2D eigenvalue weighted by molar-refractivity contribution is 5.97. The van der Waals surface area contributed by atoms with Crippen molar-refractivity contribution in [2.45, 2.75) is 52.1 Å². The Labute approximate surface area is 149 Å². The maximum Gasteiger partial charge on any atom is 0.347 e. The number of hydrogen-bond acceptors (Lipinski definition) is 4. The lowest BCUT2D eigenvalue weighted by Gasteiger charge is -2.21. The molecule has 6 nitrogen and oxygen atoms in total. The van der Waals surface area contributed by atoms with E-state index in [4.69, 9.17) is 9.84 Å². The van der Waals surface area contributed by atoms with Crippen molar-refractivity contribution in [3.63, 3.8) is 0 Å². The Morgan fingerprint density at radius 2 is 1.84 bits per heavy atom. The number of carboxylic acid groups (broad SMARTS) is 1. The summed E-state index contributed by atoms with van der Waals surface area (Å²) in [7, 11) is 3.45. The minimum absolute atomic E-state index is 0.0585. The van der Waals surface area contributed by atoms with Gasteiger partial charge >= 0.3 is 5.97 Å². The molecule has 0 aromatic heterocycles. The number of ether oxygens (including phenoxy) is 1.